The Bertz CT molecular complexity index is 388. The van der Waals surface area contributed by atoms with E-state index in [1.165, 1.54) is 6.07 Å². The molecule has 4 heteroatoms. The molecule has 1 saturated carbocycles. The van der Waals surface area contributed by atoms with Crippen molar-refractivity contribution < 1.29 is 13.9 Å². The number of halogens is 2. The van der Waals surface area contributed by atoms with E-state index in [1.54, 1.807) is 0 Å². The first-order chi connectivity index (χ1) is 7.06. The van der Waals surface area contributed by atoms with Crippen LogP contribution in [0, 0.1) is 17.0 Å². The highest BCUT2D eigenvalue weighted by molar-refractivity contribution is 5.35. The maximum Gasteiger partial charge on any atom is 0.168 e. The van der Waals surface area contributed by atoms with Crippen molar-refractivity contribution in [1.82, 2.24) is 0 Å². The molecule has 1 aliphatic rings. The fourth-order valence-electron chi connectivity index (χ4n) is 1.79. The van der Waals surface area contributed by atoms with Crippen LogP contribution in [0.2, 0.25) is 0 Å². The van der Waals surface area contributed by atoms with E-state index in [0.717, 1.165) is 12.8 Å². The maximum atomic E-state index is 13.0. The smallest absolute Gasteiger partial charge is 0.168 e. The van der Waals surface area contributed by atoms with Crippen LogP contribution in [0.4, 0.5) is 8.78 Å². The van der Waals surface area contributed by atoms with Crippen molar-refractivity contribution in [2.45, 2.75) is 19.3 Å². The number of nitrogens with two attached hydrogens (primary N) is 1. The predicted octanol–water partition coefficient (Wildman–Crippen LogP) is 1.95. The highest BCUT2D eigenvalue weighted by atomic mass is 19.1. The summed E-state index contributed by atoms with van der Waals surface area (Å²) in [7, 11) is 0. The molecule has 0 unspecified atom stereocenters. The molecule has 0 radical (unpaired) electrons. The molecule has 0 saturated heterocycles. The fourth-order valence-corrected chi connectivity index (χ4v) is 1.79. The van der Waals surface area contributed by atoms with E-state index >= 15 is 0 Å². The Morgan fingerprint density at radius 3 is 2.53 bits per heavy atom. The molecular weight excluding hydrogens is 200 g/mol. The quantitative estimate of drug-likeness (QED) is 0.806. The van der Waals surface area contributed by atoms with E-state index in [9.17, 15) is 13.9 Å². The lowest BCUT2D eigenvalue weighted by atomic mass is 9.96. The zero-order chi connectivity index (χ0) is 11.1. The van der Waals surface area contributed by atoms with Gasteiger partial charge < -0.3 is 10.8 Å². The molecule has 0 atom stereocenters. The summed E-state index contributed by atoms with van der Waals surface area (Å²) in [6.45, 7) is 0.491. The molecule has 1 aliphatic carbocycles. The van der Waals surface area contributed by atoms with Crippen molar-refractivity contribution in [3.05, 3.63) is 29.3 Å². The molecule has 3 N–H and O–H groups in total. The van der Waals surface area contributed by atoms with E-state index < -0.39 is 17.4 Å². The zero-order valence-corrected chi connectivity index (χ0v) is 8.26. The van der Waals surface area contributed by atoms with Crippen molar-refractivity contribution in [1.29, 1.82) is 0 Å². The molecule has 0 aliphatic heterocycles. The van der Waals surface area contributed by atoms with Crippen LogP contribution in [-0.2, 0) is 6.42 Å². The van der Waals surface area contributed by atoms with E-state index in [4.69, 9.17) is 5.73 Å². The van der Waals surface area contributed by atoms with Crippen LogP contribution in [-0.4, -0.2) is 11.7 Å². The third-order valence-electron chi connectivity index (χ3n) is 3.06. The summed E-state index contributed by atoms with van der Waals surface area (Å²) < 4.78 is 25.9. The van der Waals surface area contributed by atoms with Crippen molar-refractivity contribution in [3.63, 3.8) is 0 Å². The number of benzene rings is 1. The van der Waals surface area contributed by atoms with Crippen LogP contribution < -0.4 is 5.73 Å². The molecule has 1 aromatic rings. The number of phenols is 1. The standard InChI is InChI=1S/C11H13F2NO/c12-8-3-7(10(15)9(13)4-8)5-11(6-14)1-2-11/h3-4,15H,1-2,5-6,14H2. The van der Waals surface area contributed by atoms with E-state index in [0.29, 0.717) is 24.6 Å². The summed E-state index contributed by atoms with van der Waals surface area (Å²) in [4.78, 5) is 0. The van der Waals surface area contributed by atoms with Crippen LogP contribution in [0.3, 0.4) is 0 Å². The van der Waals surface area contributed by atoms with Gasteiger partial charge in [-0.3, -0.25) is 0 Å². The summed E-state index contributed by atoms with van der Waals surface area (Å²) in [6.07, 6.45) is 2.37. The molecule has 1 fully saturated rings. The Balaban J connectivity index is 2.28. The Morgan fingerprint density at radius 1 is 1.33 bits per heavy atom. The van der Waals surface area contributed by atoms with Gasteiger partial charge in [0, 0.05) is 11.6 Å². The minimum absolute atomic E-state index is 0.0439. The molecule has 0 bridgehead atoms. The van der Waals surface area contributed by atoms with Gasteiger partial charge in [-0.1, -0.05) is 0 Å². The zero-order valence-electron chi connectivity index (χ0n) is 8.26. The molecule has 82 valence electrons. The average molecular weight is 213 g/mol. The fraction of sp³-hybridized carbons (Fsp3) is 0.455. The normalized spacial score (nSPS) is 17.8. The Morgan fingerprint density at radius 2 is 2.00 bits per heavy atom. The molecule has 0 heterocycles. The number of aromatic hydroxyl groups is 1. The lowest BCUT2D eigenvalue weighted by molar-refractivity contribution is 0.410. The van der Waals surface area contributed by atoms with Crippen LogP contribution in [0.5, 0.6) is 5.75 Å². The van der Waals surface area contributed by atoms with Gasteiger partial charge in [0.1, 0.15) is 5.82 Å². The second-order valence-electron chi connectivity index (χ2n) is 4.28. The van der Waals surface area contributed by atoms with Gasteiger partial charge in [0.25, 0.3) is 0 Å². The van der Waals surface area contributed by atoms with Crippen molar-refractivity contribution in [3.8, 4) is 5.75 Å². The van der Waals surface area contributed by atoms with Gasteiger partial charge in [0.2, 0.25) is 0 Å². The number of hydrogen-bond donors (Lipinski definition) is 2. The Hall–Kier alpha value is -1.16. The third kappa shape index (κ3) is 1.95. The second-order valence-corrected chi connectivity index (χ2v) is 4.28. The van der Waals surface area contributed by atoms with Crippen LogP contribution in [0.15, 0.2) is 12.1 Å². The average Bonchev–Trinajstić information content (AvgIpc) is 2.94. The van der Waals surface area contributed by atoms with Crippen molar-refractivity contribution in [2.75, 3.05) is 6.54 Å². The molecule has 0 amide bonds. The highest BCUT2D eigenvalue weighted by Crippen LogP contribution is 2.48. The minimum Gasteiger partial charge on any atom is -0.505 e. The van der Waals surface area contributed by atoms with E-state index in [1.807, 2.05) is 0 Å². The molecule has 1 aromatic carbocycles. The molecule has 2 rings (SSSR count). The van der Waals surface area contributed by atoms with E-state index in [-0.39, 0.29) is 5.41 Å². The van der Waals surface area contributed by atoms with Crippen LogP contribution in [0.1, 0.15) is 18.4 Å². The summed E-state index contributed by atoms with van der Waals surface area (Å²) in [6, 6.07) is 1.86. The molecule has 15 heavy (non-hydrogen) atoms. The Labute approximate surface area is 86.7 Å². The minimum atomic E-state index is -0.905. The molecule has 0 aromatic heterocycles. The lowest BCUT2D eigenvalue weighted by Crippen LogP contribution is -2.18. The summed E-state index contributed by atoms with van der Waals surface area (Å²) in [5.74, 6) is -2.01. The van der Waals surface area contributed by atoms with Gasteiger partial charge >= 0.3 is 0 Å². The summed E-state index contributed by atoms with van der Waals surface area (Å²) >= 11 is 0. The lowest BCUT2D eigenvalue weighted by Gasteiger charge is -2.13. The van der Waals surface area contributed by atoms with Gasteiger partial charge in [0.15, 0.2) is 11.6 Å². The van der Waals surface area contributed by atoms with Crippen LogP contribution in [0.25, 0.3) is 0 Å². The first kappa shape index (κ1) is 10.4. The van der Waals surface area contributed by atoms with Crippen LogP contribution >= 0.6 is 0 Å². The van der Waals surface area contributed by atoms with Gasteiger partial charge in [-0.15, -0.1) is 0 Å². The second kappa shape index (κ2) is 3.45. The first-order valence-electron chi connectivity index (χ1n) is 4.93. The molecular formula is C11H13F2NO. The summed E-state index contributed by atoms with van der Waals surface area (Å²) in [5, 5.41) is 9.43. The number of phenolic OH excluding ortho intramolecular Hbond substituents is 1. The number of rotatable bonds is 3. The van der Waals surface area contributed by atoms with Gasteiger partial charge in [0.05, 0.1) is 0 Å². The Kier molecular flexibility index (Phi) is 2.38. The summed E-state index contributed by atoms with van der Waals surface area (Å²) in [5.41, 5.74) is 5.84. The topological polar surface area (TPSA) is 46.2 Å². The SMILES string of the molecule is NCC1(Cc2cc(F)cc(F)c2O)CC1. The molecule has 2 nitrogen and oxygen atoms in total. The number of hydrogen-bond acceptors (Lipinski definition) is 2. The van der Waals surface area contributed by atoms with Crippen molar-refractivity contribution in [2.24, 2.45) is 11.1 Å². The third-order valence-corrected chi connectivity index (χ3v) is 3.06. The first-order valence-corrected chi connectivity index (χ1v) is 4.93. The van der Waals surface area contributed by atoms with Crippen molar-refractivity contribution >= 4 is 0 Å². The monoisotopic (exact) mass is 213 g/mol. The van der Waals surface area contributed by atoms with E-state index in [2.05, 4.69) is 0 Å². The molecule has 0 spiro atoms. The predicted molar refractivity (Wildman–Crippen MR) is 52.4 cm³/mol. The maximum absolute atomic E-state index is 13.0. The van der Waals surface area contributed by atoms with Gasteiger partial charge in [-0.05, 0) is 37.3 Å². The largest absolute Gasteiger partial charge is 0.505 e. The van der Waals surface area contributed by atoms with Gasteiger partial charge in [-0.25, -0.2) is 8.78 Å². The van der Waals surface area contributed by atoms with Gasteiger partial charge in [-0.2, -0.15) is 0 Å². The highest BCUT2D eigenvalue weighted by Gasteiger charge is 2.41.